The predicted octanol–water partition coefficient (Wildman–Crippen LogP) is 3.83. The third-order valence-electron chi connectivity index (χ3n) is 3.46. The van der Waals surface area contributed by atoms with E-state index in [9.17, 15) is 4.79 Å². The van der Waals surface area contributed by atoms with E-state index in [4.69, 9.17) is 4.74 Å². The highest BCUT2D eigenvalue weighted by Gasteiger charge is 2.12. The summed E-state index contributed by atoms with van der Waals surface area (Å²) in [5.41, 5.74) is 1.71. The van der Waals surface area contributed by atoms with Crippen molar-refractivity contribution in [1.29, 1.82) is 0 Å². The van der Waals surface area contributed by atoms with E-state index in [0.717, 1.165) is 22.3 Å². The lowest BCUT2D eigenvalue weighted by atomic mass is 10.1. The zero-order chi connectivity index (χ0) is 16.1. The average molecular weight is 307 g/mol. The number of hydrogen-bond donors (Lipinski definition) is 1. The van der Waals surface area contributed by atoms with Gasteiger partial charge >= 0.3 is 0 Å². The first kappa shape index (κ1) is 15.0. The molecule has 0 amide bonds. The number of aromatic amines is 1. The van der Waals surface area contributed by atoms with E-state index in [2.05, 4.69) is 15.0 Å². The van der Waals surface area contributed by atoms with Gasteiger partial charge in [0.25, 0.3) is 0 Å². The highest BCUT2D eigenvalue weighted by atomic mass is 16.5. The molecule has 0 bridgehead atoms. The number of aromatic nitrogens is 3. The lowest BCUT2D eigenvalue weighted by Crippen LogP contribution is -1.92. The minimum Gasteiger partial charge on any atom is -0.438 e. The van der Waals surface area contributed by atoms with Crippen molar-refractivity contribution in [3.63, 3.8) is 0 Å². The molecule has 0 saturated heterocycles. The molecule has 0 fully saturated rings. The number of allylic oxidation sites excluding steroid dienone is 2. The summed E-state index contributed by atoms with van der Waals surface area (Å²) in [5, 5.41) is 0.838. The number of carbonyl (C=O) groups is 1. The molecule has 1 N–H and O–H groups in total. The number of hydrogen-bond acceptors (Lipinski definition) is 4. The van der Waals surface area contributed by atoms with Crippen molar-refractivity contribution in [3.05, 3.63) is 60.6 Å². The van der Waals surface area contributed by atoms with Gasteiger partial charge in [-0.15, -0.1) is 0 Å². The molecule has 5 nitrogen and oxygen atoms in total. The maximum atomic E-state index is 11.4. The van der Waals surface area contributed by atoms with E-state index in [1.54, 1.807) is 6.08 Å². The molecule has 0 spiro atoms. The largest absolute Gasteiger partial charge is 0.438 e. The standard InChI is InChI=1S/C18H17N3O2/c1-2-14(22)8-6-7-13-11-19-17-16(13)18(21-12-20-17)23-15-9-4-3-5-10-15/h3-6,8-12H,2,7H2,1H3,(H,19,20,21). The Morgan fingerprint density at radius 1 is 1.26 bits per heavy atom. The maximum absolute atomic E-state index is 11.4. The van der Waals surface area contributed by atoms with E-state index in [1.165, 1.54) is 6.33 Å². The molecule has 116 valence electrons. The van der Waals surface area contributed by atoms with Crippen molar-refractivity contribution in [2.24, 2.45) is 0 Å². The van der Waals surface area contributed by atoms with Gasteiger partial charge < -0.3 is 9.72 Å². The molecular formula is C18H17N3O2. The van der Waals surface area contributed by atoms with Crippen LogP contribution in [0, 0.1) is 0 Å². The van der Waals surface area contributed by atoms with Gasteiger partial charge in [0.1, 0.15) is 17.7 Å². The number of ether oxygens (including phenoxy) is 1. The molecule has 3 rings (SSSR count). The minimum atomic E-state index is 0.113. The van der Waals surface area contributed by atoms with Crippen molar-refractivity contribution in [2.45, 2.75) is 19.8 Å². The van der Waals surface area contributed by atoms with Crippen molar-refractivity contribution < 1.29 is 9.53 Å². The summed E-state index contributed by atoms with van der Waals surface area (Å²) in [4.78, 5) is 23.0. The van der Waals surface area contributed by atoms with Crippen LogP contribution in [0.4, 0.5) is 0 Å². The first-order valence-electron chi connectivity index (χ1n) is 7.51. The number of carbonyl (C=O) groups excluding carboxylic acids is 1. The zero-order valence-electron chi connectivity index (χ0n) is 12.8. The molecule has 0 atom stereocenters. The summed E-state index contributed by atoms with van der Waals surface area (Å²) in [6.07, 6.45) is 7.93. The van der Waals surface area contributed by atoms with E-state index in [1.807, 2.05) is 49.5 Å². The molecule has 0 unspecified atom stereocenters. The molecule has 0 radical (unpaired) electrons. The average Bonchev–Trinajstić information content (AvgIpc) is 3.00. The fourth-order valence-electron chi connectivity index (χ4n) is 2.27. The third kappa shape index (κ3) is 3.45. The van der Waals surface area contributed by atoms with E-state index >= 15 is 0 Å². The quantitative estimate of drug-likeness (QED) is 0.703. The van der Waals surface area contributed by atoms with Gasteiger partial charge in [-0.1, -0.05) is 31.2 Å². The summed E-state index contributed by atoms with van der Waals surface area (Å²) in [5.74, 6) is 1.34. The smallest absolute Gasteiger partial charge is 0.232 e. The number of rotatable bonds is 6. The highest BCUT2D eigenvalue weighted by molar-refractivity contribution is 5.89. The topological polar surface area (TPSA) is 67.9 Å². The molecule has 5 heteroatoms. The molecule has 3 aromatic rings. The van der Waals surface area contributed by atoms with Crippen molar-refractivity contribution in [2.75, 3.05) is 0 Å². The summed E-state index contributed by atoms with van der Waals surface area (Å²) in [7, 11) is 0. The number of benzene rings is 1. The van der Waals surface area contributed by atoms with Crippen LogP contribution >= 0.6 is 0 Å². The number of ketones is 1. The summed E-state index contributed by atoms with van der Waals surface area (Å²) in [6.45, 7) is 1.85. The Labute approximate surface area is 134 Å². The monoisotopic (exact) mass is 307 g/mol. The van der Waals surface area contributed by atoms with Crippen LogP contribution in [0.25, 0.3) is 11.0 Å². The van der Waals surface area contributed by atoms with Gasteiger partial charge in [0.05, 0.1) is 5.39 Å². The summed E-state index contributed by atoms with van der Waals surface area (Å²) >= 11 is 0. The van der Waals surface area contributed by atoms with Crippen molar-refractivity contribution in [1.82, 2.24) is 15.0 Å². The Morgan fingerprint density at radius 2 is 2.09 bits per heavy atom. The van der Waals surface area contributed by atoms with E-state index in [-0.39, 0.29) is 5.78 Å². The van der Waals surface area contributed by atoms with Crippen LogP contribution in [0.1, 0.15) is 18.9 Å². The van der Waals surface area contributed by atoms with Gasteiger partial charge in [0.15, 0.2) is 5.78 Å². The lowest BCUT2D eigenvalue weighted by Gasteiger charge is -2.06. The van der Waals surface area contributed by atoms with Crippen LogP contribution in [0.15, 0.2) is 55.0 Å². The number of fused-ring (bicyclic) bond motifs is 1. The van der Waals surface area contributed by atoms with Crippen LogP contribution in [0.2, 0.25) is 0 Å². The van der Waals surface area contributed by atoms with Gasteiger partial charge in [-0.3, -0.25) is 4.79 Å². The Morgan fingerprint density at radius 3 is 2.87 bits per heavy atom. The van der Waals surface area contributed by atoms with Crippen molar-refractivity contribution >= 4 is 16.8 Å². The van der Waals surface area contributed by atoms with Gasteiger partial charge in [-0.2, -0.15) is 0 Å². The predicted molar refractivity (Wildman–Crippen MR) is 88.5 cm³/mol. The molecule has 0 aliphatic carbocycles. The summed E-state index contributed by atoms with van der Waals surface area (Å²) < 4.78 is 5.88. The van der Waals surface area contributed by atoms with Gasteiger partial charge in [-0.25, -0.2) is 9.97 Å². The first-order chi connectivity index (χ1) is 11.3. The number of nitrogens with one attached hydrogen (secondary N) is 1. The Hall–Kier alpha value is -2.95. The van der Waals surface area contributed by atoms with E-state index < -0.39 is 0 Å². The molecule has 2 aromatic heterocycles. The van der Waals surface area contributed by atoms with Gasteiger partial charge in [0.2, 0.25) is 5.88 Å². The van der Waals surface area contributed by atoms with Crippen LogP contribution in [-0.4, -0.2) is 20.7 Å². The number of H-pyrrole nitrogens is 1. The fraction of sp³-hybridized carbons (Fsp3) is 0.167. The lowest BCUT2D eigenvalue weighted by molar-refractivity contribution is -0.114. The van der Waals surface area contributed by atoms with E-state index in [0.29, 0.717) is 18.7 Å². The highest BCUT2D eigenvalue weighted by Crippen LogP contribution is 2.29. The van der Waals surface area contributed by atoms with Crippen LogP contribution < -0.4 is 4.74 Å². The SMILES string of the molecule is CCC(=O)C=CCc1c[nH]c2ncnc(Oc3ccccc3)c12. The van der Waals surface area contributed by atoms with Gasteiger partial charge in [-0.05, 0) is 30.2 Å². The second-order valence-corrected chi connectivity index (χ2v) is 5.06. The molecule has 23 heavy (non-hydrogen) atoms. The molecular weight excluding hydrogens is 290 g/mol. The maximum Gasteiger partial charge on any atom is 0.232 e. The second-order valence-electron chi connectivity index (χ2n) is 5.06. The fourth-order valence-corrected chi connectivity index (χ4v) is 2.27. The Bertz CT molecular complexity index is 838. The van der Waals surface area contributed by atoms with Gasteiger partial charge in [0, 0.05) is 12.6 Å². The van der Waals surface area contributed by atoms with Crippen molar-refractivity contribution in [3.8, 4) is 11.6 Å². The molecule has 0 saturated carbocycles. The Kier molecular flexibility index (Phi) is 4.47. The minimum absolute atomic E-state index is 0.113. The number of para-hydroxylation sites is 1. The third-order valence-corrected chi connectivity index (χ3v) is 3.46. The van der Waals surface area contributed by atoms with Crippen LogP contribution in [0.5, 0.6) is 11.6 Å². The molecule has 0 aliphatic rings. The molecule has 1 aromatic carbocycles. The molecule has 2 heterocycles. The molecule has 0 aliphatic heterocycles. The number of nitrogens with zero attached hydrogens (tertiary/aromatic N) is 2. The summed E-state index contributed by atoms with van der Waals surface area (Å²) in [6, 6.07) is 9.50. The van der Waals surface area contributed by atoms with Crippen LogP contribution in [-0.2, 0) is 11.2 Å². The zero-order valence-corrected chi connectivity index (χ0v) is 12.8. The van der Waals surface area contributed by atoms with Crippen LogP contribution in [0.3, 0.4) is 0 Å². The second kappa shape index (κ2) is 6.87. The first-order valence-corrected chi connectivity index (χ1v) is 7.51. The normalized spacial score (nSPS) is 11.2. The Balaban J connectivity index is 1.91.